The molecule has 1 aliphatic rings. The van der Waals surface area contributed by atoms with Crippen LogP contribution in [-0.2, 0) is 4.74 Å². The molecule has 0 atom stereocenters. The van der Waals surface area contributed by atoms with Crippen LogP contribution in [0.3, 0.4) is 0 Å². The molecule has 2 aromatic rings. The Kier molecular flexibility index (Phi) is 5.99. The molecular weight excluding hydrogens is 338 g/mol. The topological polar surface area (TPSA) is 57.5 Å². The van der Waals surface area contributed by atoms with Crippen LogP contribution in [0.1, 0.15) is 5.56 Å². The van der Waals surface area contributed by atoms with Crippen LogP contribution < -0.4 is 15.0 Å². The molecule has 1 fully saturated rings. The fourth-order valence-electron chi connectivity index (χ4n) is 2.75. The lowest BCUT2D eigenvalue weighted by Crippen LogP contribution is -2.37. The van der Waals surface area contributed by atoms with Crippen molar-refractivity contribution >= 4 is 23.0 Å². The summed E-state index contributed by atoms with van der Waals surface area (Å²) < 4.78 is 11.1. The van der Waals surface area contributed by atoms with E-state index in [0.29, 0.717) is 31.9 Å². The van der Waals surface area contributed by atoms with Crippen LogP contribution in [0.15, 0.2) is 42.5 Å². The zero-order valence-corrected chi connectivity index (χ0v) is 14.6. The first-order valence-electron chi connectivity index (χ1n) is 8.26. The van der Waals surface area contributed by atoms with Crippen LogP contribution in [0.4, 0.5) is 11.4 Å². The largest absolute Gasteiger partial charge is 0.492 e. The third-order valence-corrected chi connectivity index (χ3v) is 4.29. The number of nitrogens with zero attached hydrogens (tertiary/aromatic N) is 2. The first-order chi connectivity index (χ1) is 12.3. The molecule has 5 nitrogen and oxygen atoms in total. The zero-order valence-electron chi connectivity index (χ0n) is 13.9. The van der Waals surface area contributed by atoms with Crippen molar-refractivity contribution < 1.29 is 9.47 Å². The van der Waals surface area contributed by atoms with E-state index in [9.17, 15) is 0 Å². The van der Waals surface area contributed by atoms with Gasteiger partial charge in [0, 0.05) is 19.6 Å². The minimum atomic E-state index is 0.515. The Bertz CT molecular complexity index is 737. The number of nitrogens with one attached hydrogen (secondary N) is 1. The van der Waals surface area contributed by atoms with Gasteiger partial charge in [-0.25, -0.2) is 0 Å². The van der Waals surface area contributed by atoms with Crippen molar-refractivity contribution in [2.45, 2.75) is 0 Å². The summed E-state index contributed by atoms with van der Waals surface area (Å²) in [5, 5.41) is 12.9. The van der Waals surface area contributed by atoms with E-state index >= 15 is 0 Å². The molecule has 3 rings (SSSR count). The number of anilines is 2. The molecule has 1 heterocycles. The normalized spacial score (nSPS) is 14.0. The summed E-state index contributed by atoms with van der Waals surface area (Å²) in [6, 6.07) is 15.1. The maximum absolute atomic E-state index is 8.80. The van der Waals surface area contributed by atoms with Gasteiger partial charge in [0.15, 0.2) is 0 Å². The lowest BCUT2D eigenvalue weighted by molar-refractivity contribution is 0.123. The molecule has 0 spiro atoms. The van der Waals surface area contributed by atoms with Gasteiger partial charge >= 0.3 is 0 Å². The van der Waals surface area contributed by atoms with E-state index in [1.54, 1.807) is 24.3 Å². The van der Waals surface area contributed by atoms with Crippen molar-refractivity contribution in [2.24, 2.45) is 0 Å². The number of nitriles is 1. The van der Waals surface area contributed by atoms with E-state index in [-0.39, 0.29) is 0 Å². The molecule has 0 aliphatic carbocycles. The van der Waals surface area contributed by atoms with Gasteiger partial charge in [0.2, 0.25) is 0 Å². The molecule has 0 amide bonds. The highest BCUT2D eigenvalue weighted by molar-refractivity contribution is 6.34. The van der Waals surface area contributed by atoms with E-state index < -0.39 is 0 Å². The van der Waals surface area contributed by atoms with E-state index in [4.69, 9.17) is 26.3 Å². The molecule has 1 N–H and O–H groups in total. The molecule has 2 aromatic carbocycles. The van der Waals surface area contributed by atoms with Crippen molar-refractivity contribution in [3.63, 3.8) is 0 Å². The summed E-state index contributed by atoms with van der Waals surface area (Å²) in [5.74, 6) is 0.750. The number of ether oxygens (including phenoxy) is 2. The van der Waals surface area contributed by atoms with Gasteiger partial charge < -0.3 is 19.7 Å². The van der Waals surface area contributed by atoms with Gasteiger partial charge in [0.05, 0.1) is 41.2 Å². The molecule has 6 heteroatoms. The molecule has 0 radical (unpaired) electrons. The minimum Gasteiger partial charge on any atom is -0.492 e. The number of hydrogen-bond acceptors (Lipinski definition) is 5. The Balaban J connectivity index is 1.57. The summed E-state index contributed by atoms with van der Waals surface area (Å²) in [6.07, 6.45) is 0. The maximum Gasteiger partial charge on any atom is 0.119 e. The monoisotopic (exact) mass is 357 g/mol. The lowest BCUT2D eigenvalue weighted by Gasteiger charge is -2.31. The third-order valence-electron chi connectivity index (χ3n) is 3.98. The number of halogens is 1. The second-order valence-corrected chi connectivity index (χ2v) is 6.05. The second kappa shape index (κ2) is 8.61. The number of benzene rings is 2. The Morgan fingerprint density at radius 1 is 1.16 bits per heavy atom. The number of hydrogen-bond donors (Lipinski definition) is 1. The summed E-state index contributed by atoms with van der Waals surface area (Å²) in [7, 11) is 0. The maximum atomic E-state index is 8.80. The lowest BCUT2D eigenvalue weighted by atomic mass is 10.2. The predicted octanol–water partition coefficient (Wildman–Crippen LogP) is 3.54. The summed E-state index contributed by atoms with van der Waals surface area (Å²) in [5.41, 5.74) is 2.64. The van der Waals surface area contributed by atoms with Crippen LogP contribution in [0.25, 0.3) is 0 Å². The summed E-state index contributed by atoms with van der Waals surface area (Å²) in [6.45, 7) is 4.26. The Labute approximate surface area is 152 Å². The van der Waals surface area contributed by atoms with E-state index in [1.165, 1.54) is 0 Å². The Morgan fingerprint density at radius 2 is 1.92 bits per heavy atom. The minimum absolute atomic E-state index is 0.515. The average Bonchev–Trinajstić information content (AvgIpc) is 2.66. The highest BCUT2D eigenvalue weighted by atomic mass is 35.5. The van der Waals surface area contributed by atoms with Crippen LogP contribution in [0.5, 0.6) is 5.75 Å². The van der Waals surface area contributed by atoms with Gasteiger partial charge in [-0.15, -0.1) is 0 Å². The smallest absolute Gasteiger partial charge is 0.119 e. The van der Waals surface area contributed by atoms with Gasteiger partial charge in [-0.2, -0.15) is 5.26 Å². The highest BCUT2D eigenvalue weighted by Crippen LogP contribution is 2.34. The van der Waals surface area contributed by atoms with Crippen LogP contribution in [-0.4, -0.2) is 39.5 Å². The third kappa shape index (κ3) is 4.56. The number of morpholine rings is 1. The van der Waals surface area contributed by atoms with E-state index in [2.05, 4.69) is 16.3 Å². The first-order valence-corrected chi connectivity index (χ1v) is 8.64. The molecule has 1 aliphatic heterocycles. The Morgan fingerprint density at radius 3 is 2.64 bits per heavy atom. The molecule has 130 valence electrons. The summed E-state index contributed by atoms with van der Waals surface area (Å²) >= 11 is 6.42. The quantitative estimate of drug-likeness (QED) is 0.801. The fourth-order valence-corrected chi connectivity index (χ4v) is 3.04. The van der Waals surface area contributed by atoms with Crippen molar-refractivity contribution in [2.75, 3.05) is 49.7 Å². The van der Waals surface area contributed by atoms with Crippen molar-refractivity contribution in [3.05, 3.63) is 53.1 Å². The number of rotatable bonds is 6. The van der Waals surface area contributed by atoms with Crippen molar-refractivity contribution in [1.29, 1.82) is 5.26 Å². The molecule has 0 unspecified atom stereocenters. The average molecular weight is 358 g/mol. The van der Waals surface area contributed by atoms with E-state index in [0.717, 1.165) is 35.2 Å². The molecule has 0 aromatic heterocycles. The standard InChI is InChI=1S/C19H20ClN3O2/c20-17-2-1-3-18(19(17)23-9-12-24-13-10-23)22-8-11-25-16-6-4-15(14-21)5-7-16/h1-7,22H,8-13H2. The fraction of sp³-hybridized carbons (Fsp3) is 0.316. The molecule has 1 saturated heterocycles. The predicted molar refractivity (Wildman–Crippen MR) is 99.6 cm³/mol. The molecule has 0 saturated carbocycles. The molecule has 0 bridgehead atoms. The molecular formula is C19H20ClN3O2. The van der Waals surface area contributed by atoms with Gasteiger partial charge in [0.1, 0.15) is 12.4 Å². The van der Waals surface area contributed by atoms with Gasteiger partial charge in [-0.05, 0) is 36.4 Å². The highest BCUT2D eigenvalue weighted by Gasteiger charge is 2.17. The van der Waals surface area contributed by atoms with Gasteiger partial charge in [0.25, 0.3) is 0 Å². The number of para-hydroxylation sites is 1. The van der Waals surface area contributed by atoms with Crippen LogP contribution in [0, 0.1) is 11.3 Å². The summed E-state index contributed by atoms with van der Waals surface area (Å²) in [4.78, 5) is 2.25. The van der Waals surface area contributed by atoms with Crippen LogP contribution in [0.2, 0.25) is 5.02 Å². The molecule has 25 heavy (non-hydrogen) atoms. The van der Waals surface area contributed by atoms with Gasteiger partial charge in [-0.1, -0.05) is 17.7 Å². The zero-order chi connectivity index (χ0) is 17.5. The second-order valence-electron chi connectivity index (χ2n) is 5.65. The van der Waals surface area contributed by atoms with E-state index in [1.807, 2.05) is 18.2 Å². The van der Waals surface area contributed by atoms with Crippen LogP contribution >= 0.6 is 11.6 Å². The van der Waals surface area contributed by atoms with Crippen molar-refractivity contribution in [1.82, 2.24) is 0 Å². The van der Waals surface area contributed by atoms with Gasteiger partial charge in [-0.3, -0.25) is 0 Å². The SMILES string of the molecule is N#Cc1ccc(OCCNc2cccc(Cl)c2N2CCOCC2)cc1. The van der Waals surface area contributed by atoms with Crippen molar-refractivity contribution in [3.8, 4) is 11.8 Å². The Hall–Kier alpha value is -2.42. The first kappa shape index (κ1) is 17.4.